The molecule has 1 heterocycles. The van der Waals surface area contributed by atoms with Gasteiger partial charge in [0, 0.05) is 22.7 Å². The quantitative estimate of drug-likeness (QED) is 0.382. The van der Waals surface area contributed by atoms with Gasteiger partial charge in [0.05, 0.1) is 12.7 Å². The van der Waals surface area contributed by atoms with Crippen molar-refractivity contribution in [1.29, 1.82) is 0 Å². The van der Waals surface area contributed by atoms with Gasteiger partial charge in [0.25, 0.3) is 0 Å². The van der Waals surface area contributed by atoms with Gasteiger partial charge in [0.15, 0.2) is 11.6 Å². The third kappa shape index (κ3) is 4.44. The van der Waals surface area contributed by atoms with E-state index in [-0.39, 0.29) is 18.3 Å². The average molecular weight is 352 g/mol. The van der Waals surface area contributed by atoms with E-state index >= 15 is 0 Å². The van der Waals surface area contributed by atoms with Crippen LogP contribution in [-0.2, 0) is 4.79 Å². The monoisotopic (exact) mass is 352 g/mol. The van der Waals surface area contributed by atoms with Crippen molar-refractivity contribution < 1.29 is 9.18 Å². The lowest BCUT2D eigenvalue weighted by Crippen LogP contribution is -2.05. The molecule has 0 aliphatic carbocycles. The van der Waals surface area contributed by atoms with Crippen LogP contribution in [0.4, 0.5) is 38.9 Å². The number of hydrogen-bond acceptors (Lipinski definition) is 7. The maximum Gasteiger partial charge on any atom is 0.229 e. The summed E-state index contributed by atoms with van der Waals surface area (Å²) in [6, 6.07) is 14.2. The largest absolute Gasteiger partial charge is 0.399 e. The average Bonchev–Trinajstić information content (AvgIpc) is 2.63. The second-order valence-corrected chi connectivity index (χ2v) is 5.39. The molecule has 7 nitrogen and oxygen atoms in total. The van der Waals surface area contributed by atoms with Crippen molar-refractivity contribution in [3.05, 3.63) is 60.5 Å². The summed E-state index contributed by atoms with van der Waals surface area (Å²) in [7, 11) is 0. The molecule has 8 heteroatoms. The van der Waals surface area contributed by atoms with Gasteiger partial charge < -0.3 is 26.5 Å². The first-order valence-electron chi connectivity index (χ1n) is 7.84. The van der Waals surface area contributed by atoms with Crippen LogP contribution in [0.1, 0.15) is 0 Å². The van der Waals surface area contributed by atoms with Crippen molar-refractivity contribution >= 4 is 40.8 Å². The minimum absolute atomic E-state index is 0.0268. The van der Waals surface area contributed by atoms with Crippen LogP contribution >= 0.6 is 0 Å². The summed E-state index contributed by atoms with van der Waals surface area (Å²) in [5, 5.41) is 8.81. The summed E-state index contributed by atoms with van der Waals surface area (Å²) in [5.74, 6) is -0.331. The van der Waals surface area contributed by atoms with Gasteiger partial charge in [0.1, 0.15) is 6.29 Å². The molecular formula is C18H17FN6O. The lowest BCUT2D eigenvalue weighted by molar-refractivity contribution is -0.106. The fourth-order valence-corrected chi connectivity index (χ4v) is 2.26. The minimum atomic E-state index is -0.589. The van der Waals surface area contributed by atoms with Gasteiger partial charge in [-0.2, -0.15) is 4.98 Å². The molecule has 5 N–H and O–H groups in total. The molecule has 0 unspecified atom stereocenters. The number of nitrogens with one attached hydrogen (secondary N) is 3. The number of hydrogen-bond donors (Lipinski definition) is 4. The Morgan fingerprint density at radius 1 is 1.04 bits per heavy atom. The zero-order valence-electron chi connectivity index (χ0n) is 13.7. The van der Waals surface area contributed by atoms with E-state index in [1.54, 1.807) is 48.5 Å². The molecule has 0 saturated carbocycles. The predicted molar refractivity (Wildman–Crippen MR) is 100 cm³/mol. The fourth-order valence-electron chi connectivity index (χ4n) is 2.26. The first-order valence-corrected chi connectivity index (χ1v) is 7.84. The van der Waals surface area contributed by atoms with Crippen LogP contribution in [0, 0.1) is 5.82 Å². The number of benzene rings is 2. The number of aromatic nitrogens is 2. The zero-order chi connectivity index (χ0) is 18.4. The van der Waals surface area contributed by atoms with Gasteiger partial charge >= 0.3 is 0 Å². The Balaban J connectivity index is 1.78. The number of nitrogens with zero attached hydrogens (tertiary/aromatic N) is 2. The lowest BCUT2D eigenvalue weighted by atomic mass is 10.2. The summed E-state index contributed by atoms with van der Waals surface area (Å²) >= 11 is 0. The molecule has 0 radical (unpaired) electrons. The number of aldehydes is 1. The summed E-state index contributed by atoms with van der Waals surface area (Å²) in [5.41, 5.74) is 8.38. The summed E-state index contributed by atoms with van der Waals surface area (Å²) in [6.07, 6.45) is 1.84. The molecular weight excluding hydrogens is 335 g/mol. The number of rotatable bonds is 7. The van der Waals surface area contributed by atoms with Crippen LogP contribution in [-0.4, -0.2) is 22.8 Å². The van der Waals surface area contributed by atoms with Crippen LogP contribution in [0.2, 0.25) is 0 Å². The first-order chi connectivity index (χ1) is 12.6. The van der Waals surface area contributed by atoms with Crippen molar-refractivity contribution in [1.82, 2.24) is 9.97 Å². The van der Waals surface area contributed by atoms with Crippen molar-refractivity contribution in [3.8, 4) is 0 Å². The van der Waals surface area contributed by atoms with Gasteiger partial charge in [-0.15, -0.1) is 0 Å². The Labute approximate surface area is 149 Å². The van der Waals surface area contributed by atoms with E-state index in [9.17, 15) is 9.18 Å². The highest BCUT2D eigenvalue weighted by Crippen LogP contribution is 2.23. The molecule has 1 aromatic heterocycles. The maximum absolute atomic E-state index is 14.1. The van der Waals surface area contributed by atoms with E-state index in [0.717, 1.165) is 18.2 Å². The third-order valence-electron chi connectivity index (χ3n) is 3.40. The van der Waals surface area contributed by atoms with Gasteiger partial charge in [-0.3, -0.25) is 0 Å². The number of carbonyl (C=O) groups excluding carboxylic acids is 1. The molecule has 3 rings (SSSR count). The molecule has 0 bridgehead atoms. The molecule has 3 aromatic rings. The van der Waals surface area contributed by atoms with Gasteiger partial charge in [-0.1, -0.05) is 12.1 Å². The number of halogens is 1. The van der Waals surface area contributed by atoms with E-state index in [4.69, 9.17) is 5.73 Å². The van der Waals surface area contributed by atoms with Gasteiger partial charge in [-0.05, 0) is 36.4 Å². The molecule has 0 aliphatic rings. The maximum atomic E-state index is 14.1. The van der Waals surface area contributed by atoms with Crippen LogP contribution in [0.15, 0.2) is 54.7 Å². The SMILES string of the molecule is Nc1cccc(Nc2ncc(F)c(Nc3cccc(NCC=O)c3)n2)c1. The highest BCUT2D eigenvalue weighted by atomic mass is 19.1. The van der Waals surface area contributed by atoms with E-state index in [2.05, 4.69) is 25.9 Å². The molecule has 0 spiro atoms. The van der Waals surface area contributed by atoms with Crippen LogP contribution < -0.4 is 21.7 Å². The Kier molecular flexibility index (Phi) is 5.23. The molecule has 132 valence electrons. The minimum Gasteiger partial charge on any atom is -0.399 e. The number of anilines is 6. The standard InChI is InChI=1S/C18H17FN6O/c19-16-11-22-18(24-14-5-1-3-12(20)9-14)25-17(16)23-15-6-2-4-13(10-15)21-7-8-26/h1-6,8-11,21H,7,20H2,(H2,22,23,24,25). The molecule has 0 atom stereocenters. The van der Waals surface area contributed by atoms with Crippen molar-refractivity contribution in [2.24, 2.45) is 0 Å². The number of nitrogen functional groups attached to an aromatic ring is 1. The highest BCUT2D eigenvalue weighted by Gasteiger charge is 2.08. The fraction of sp³-hybridized carbons (Fsp3) is 0.0556. The Morgan fingerprint density at radius 2 is 1.77 bits per heavy atom. The number of nitrogens with two attached hydrogens (primary N) is 1. The molecule has 0 aliphatic heterocycles. The third-order valence-corrected chi connectivity index (χ3v) is 3.40. The first kappa shape index (κ1) is 17.2. The Morgan fingerprint density at radius 3 is 2.54 bits per heavy atom. The summed E-state index contributed by atoms with van der Waals surface area (Å²) in [4.78, 5) is 18.5. The van der Waals surface area contributed by atoms with Crippen LogP contribution in [0.25, 0.3) is 0 Å². The Bertz CT molecular complexity index is 918. The smallest absolute Gasteiger partial charge is 0.229 e. The normalized spacial score (nSPS) is 10.2. The van der Waals surface area contributed by atoms with E-state index in [1.165, 1.54) is 0 Å². The van der Waals surface area contributed by atoms with E-state index in [1.807, 2.05) is 0 Å². The van der Waals surface area contributed by atoms with Crippen molar-refractivity contribution in [2.45, 2.75) is 0 Å². The zero-order valence-corrected chi connectivity index (χ0v) is 13.7. The van der Waals surface area contributed by atoms with Crippen molar-refractivity contribution in [3.63, 3.8) is 0 Å². The van der Waals surface area contributed by atoms with Gasteiger partial charge in [-0.25, -0.2) is 9.37 Å². The second-order valence-electron chi connectivity index (χ2n) is 5.39. The topological polar surface area (TPSA) is 105 Å². The summed E-state index contributed by atoms with van der Waals surface area (Å²) in [6.45, 7) is 0.194. The van der Waals surface area contributed by atoms with Gasteiger partial charge in [0.2, 0.25) is 5.95 Å². The molecule has 0 saturated heterocycles. The second kappa shape index (κ2) is 7.93. The summed E-state index contributed by atoms with van der Waals surface area (Å²) < 4.78 is 14.1. The lowest BCUT2D eigenvalue weighted by Gasteiger charge is -2.11. The molecule has 26 heavy (non-hydrogen) atoms. The van der Waals surface area contributed by atoms with E-state index < -0.39 is 5.82 Å². The molecule has 0 fully saturated rings. The van der Waals surface area contributed by atoms with E-state index in [0.29, 0.717) is 17.1 Å². The molecule has 0 amide bonds. The van der Waals surface area contributed by atoms with Crippen molar-refractivity contribution in [2.75, 3.05) is 28.2 Å². The molecule has 2 aromatic carbocycles. The van der Waals surface area contributed by atoms with Crippen LogP contribution in [0.3, 0.4) is 0 Å². The number of carbonyl (C=O) groups is 1. The van der Waals surface area contributed by atoms with Crippen LogP contribution in [0.5, 0.6) is 0 Å². The highest BCUT2D eigenvalue weighted by molar-refractivity contribution is 5.66. The predicted octanol–water partition coefficient (Wildman–Crippen LogP) is 3.30. The Hall–Kier alpha value is -3.68.